The number of methoxy groups -OCH3 is 1. The van der Waals surface area contributed by atoms with Crippen molar-refractivity contribution in [2.45, 2.75) is 18.4 Å². The lowest BCUT2D eigenvalue weighted by molar-refractivity contribution is 0.0600. The average Bonchev–Trinajstić information content (AvgIpc) is 2.81. The van der Waals surface area contributed by atoms with Gasteiger partial charge in [0, 0.05) is 5.56 Å². The molecule has 162 valence electrons. The maximum absolute atomic E-state index is 12.9. The number of rotatable bonds is 7. The van der Waals surface area contributed by atoms with Crippen LogP contribution in [0.15, 0.2) is 82.6 Å². The smallest absolute Gasteiger partial charge is 0.337 e. The van der Waals surface area contributed by atoms with Gasteiger partial charge in [0.15, 0.2) is 0 Å². The Balaban J connectivity index is 1.85. The highest BCUT2D eigenvalue weighted by atomic mass is 32.2. The molecule has 0 aliphatic carbocycles. The van der Waals surface area contributed by atoms with Crippen LogP contribution in [0.2, 0.25) is 0 Å². The minimum absolute atomic E-state index is 0.0556. The highest BCUT2D eigenvalue weighted by Gasteiger charge is 2.21. The highest BCUT2D eigenvalue weighted by Crippen LogP contribution is 2.26. The number of benzene rings is 3. The number of sulfone groups is 1. The molecule has 0 fully saturated rings. The fourth-order valence-corrected chi connectivity index (χ4v) is 4.05. The standard InChI is InChI=1S/C25H21NO5S/c1-18-7-13-22(14-8-18)32(28,29)23(16-26)15-21-5-3-4-6-24(21)31-17-19-9-11-20(12-10-19)25(27)30-2/h3-15H,17H2,1-2H3/b23-15+. The van der Waals surface area contributed by atoms with E-state index in [0.29, 0.717) is 16.9 Å². The van der Waals surface area contributed by atoms with Crippen LogP contribution in [0.3, 0.4) is 0 Å². The van der Waals surface area contributed by atoms with Crippen LogP contribution in [0.5, 0.6) is 5.75 Å². The fraction of sp³-hybridized carbons (Fsp3) is 0.120. The van der Waals surface area contributed by atoms with Gasteiger partial charge < -0.3 is 9.47 Å². The molecule has 0 saturated carbocycles. The maximum atomic E-state index is 12.9. The largest absolute Gasteiger partial charge is 0.488 e. The molecule has 0 radical (unpaired) electrons. The number of para-hydroxylation sites is 1. The number of esters is 1. The lowest BCUT2D eigenvalue weighted by atomic mass is 10.1. The van der Waals surface area contributed by atoms with Crippen LogP contribution < -0.4 is 4.74 Å². The molecule has 0 N–H and O–H groups in total. The number of nitriles is 1. The van der Waals surface area contributed by atoms with Crippen LogP contribution in [0.1, 0.15) is 27.0 Å². The summed E-state index contributed by atoms with van der Waals surface area (Å²) in [6, 6.07) is 21.8. The third-order valence-corrected chi connectivity index (χ3v) is 6.39. The quantitative estimate of drug-likeness (QED) is 0.385. The van der Waals surface area contributed by atoms with Crippen LogP contribution in [0, 0.1) is 18.3 Å². The Kier molecular flexibility index (Phi) is 7.08. The third-order valence-electron chi connectivity index (χ3n) is 4.71. The SMILES string of the molecule is COC(=O)c1ccc(COc2ccccc2/C=C(\C#N)S(=O)(=O)c2ccc(C)cc2)cc1. The van der Waals surface area contributed by atoms with Crippen molar-refractivity contribution in [1.82, 2.24) is 0 Å². The Morgan fingerprint density at radius 3 is 2.28 bits per heavy atom. The number of ether oxygens (including phenoxy) is 2. The van der Waals surface area contributed by atoms with Crippen LogP contribution in [-0.2, 0) is 21.2 Å². The molecule has 0 aromatic heterocycles. The minimum atomic E-state index is -3.96. The molecule has 0 bridgehead atoms. The number of allylic oxidation sites excluding steroid dienone is 1. The van der Waals surface area contributed by atoms with Crippen molar-refractivity contribution in [3.05, 3.63) is 100.0 Å². The second kappa shape index (κ2) is 9.94. The van der Waals surface area contributed by atoms with Crippen LogP contribution >= 0.6 is 0 Å². The second-order valence-electron chi connectivity index (χ2n) is 6.95. The van der Waals surface area contributed by atoms with Gasteiger partial charge in [-0.15, -0.1) is 0 Å². The molecule has 7 heteroatoms. The number of aryl methyl sites for hydroxylation is 1. The van der Waals surface area contributed by atoms with E-state index >= 15 is 0 Å². The van der Waals surface area contributed by atoms with Crippen molar-refractivity contribution in [3.63, 3.8) is 0 Å². The Morgan fingerprint density at radius 1 is 1.00 bits per heavy atom. The van der Waals surface area contributed by atoms with Gasteiger partial charge in [-0.3, -0.25) is 0 Å². The van der Waals surface area contributed by atoms with E-state index in [2.05, 4.69) is 4.74 Å². The molecule has 3 aromatic carbocycles. The van der Waals surface area contributed by atoms with Gasteiger partial charge in [0.1, 0.15) is 23.3 Å². The van der Waals surface area contributed by atoms with Gasteiger partial charge in [-0.1, -0.05) is 48.0 Å². The van der Waals surface area contributed by atoms with Gasteiger partial charge in [0.05, 0.1) is 17.6 Å². The fourth-order valence-electron chi connectivity index (χ4n) is 2.90. The maximum Gasteiger partial charge on any atom is 0.337 e. The van der Waals surface area contributed by atoms with E-state index in [0.717, 1.165) is 11.1 Å². The zero-order chi connectivity index (χ0) is 23.1. The minimum Gasteiger partial charge on any atom is -0.488 e. The molecule has 0 heterocycles. The Labute approximate surface area is 187 Å². The van der Waals surface area contributed by atoms with Gasteiger partial charge in [-0.05, 0) is 48.9 Å². The Bertz CT molecular complexity index is 1290. The molecule has 3 aromatic rings. The molecular formula is C25H21NO5S. The summed E-state index contributed by atoms with van der Waals surface area (Å²) >= 11 is 0. The molecule has 32 heavy (non-hydrogen) atoms. The van der Waals surface area contributed by atoms with Gasteiger partial charge in [0.2, 0.25) is 9.84 Å². The predicted octanol–water partition coefficient (Wildman–Crippen LogP) is 4.70. The van der Waals surface area contributed by atoms with E-state index in [4.69, 9.17) is 4.74 Å². The molecule has 0 amide bonds. The lowest BCUT2D eigenvalue weighted by Crippen LogP contribution is -2.04. The number of carbonyl (C=O) groups is 1. The van der Waals surface area contributed by atoms with Crippen LogP contribution in [-0.4, -0.2) is 21.5 Å². The Hall–Kier alpha value is -3.89. The topological polar surface area (TPSA) is 93.5 Å². The molecule has 0 saturated heterocycles. The van der Waals surface area contributed by atoms with E-state index < -0.39 is 15.8 Å². The number of hydrogen-bond donors (Lipinski definition) is 0. The first-order valence-electron chi connectivity index (χ1n) is 9.68. The normalized spacial score (nSPS) is 11.5. The molecular weight excluding hydrogens is 426 g/mol. The molecule has 0 spiro atoms. The number of carbonyl (C=O) groups excluding carboxylic acids is 1. The molecule has 0 aliphatic rings. The molecule has 0 atom stereocenters. The zero-order valence-electron chi connectivity index (χ0n) is 17.6. The van der Waals surface area contributed by atoms with Gasteiger partial charge in [-0.2, -0.15) is 5.26 Å². The first-order chi connectivity index (χ1) is 15.3. The van der Waals surface area contributed by atoms with Crippen LogP contribution in [0.4, 0.5) is 0 Å². The van der Waals surface area contributed by atoms with Gasteiger partial charge >= 0.3 is 5.97 Å². The highest BCUT2D eigenvalue weighted by molar-refractivity contribution is 7.95. The van der Waals surface area contributed by atoms with Crippen molar-refractivity contribution in [2.75, 3.05) is 7.11 Å². The first kappa shape index (κ1) is 22.8. The summed E-state index contributed by atoms with van der Waals surface area (Å²) in [5.74, 6) is 0.00294. The van der Waals surface area contributed by atoms with Gasteiger partial charge in [-0.25, -0.2) is 13.2 Å². The van der Waals surface area contributed by atoms with E-state index in [-0.39, 0.29) is 16.4 Å². The van der Waals surface area contributed by atoms with Crippen molar-refractivity contribution < 1.29 is 22.7 Å². The number of hydrogen-bond acceptors (Lipinski definition) is 6. The average molecular weight is 448 g/mol. The number of nitrogens with zero attached hydrogens (tertiary/aromatic N) is 1. The Morgan fingerprint density at radius 2 is 1.66 bits per heavy atom. The van der Waals surface area contributed by atoms with E-state index in [1.54, 1.807) is 66.7 Å². The first-order valence-corrected chi connectivity index (χ1v) is 11.2. The van der Waals surface area contributed by atoms with Crippen molar-refractivity contribution in [1.29, 1.82) is 5.26 Å². The summed E-state index contributed by atoms with van der Waals surface area (Å²) in [7, 11) is -2.65. The van der Waals surface area contributed by atoms with E-state index in [1.165, 1.54) is 25.3 Å². The molecule has 0 aliphatic heterocycles. The summed E-state index contributed by atoms with van der Waals surface area (Å²) in [4.78, 5) is 11.2. The van der Waals surface area contributed by atoms with Gasteiger partial charge in [0.25, 0.3) is 0 Å². The monoisotopic (exact) mass is 447 g/mol. The second-order valence-corrected chi connectivity index (χ2v) is 8.87. The third kappa shape index (κ3) is 5.23. The summed E-state index contributed by atoms with van der Waals surface area (Å²) in [6.45, 7) is 2.05. The summed E-state index contributed by atoms with van der Waals surface area (Å²) in [5, 5.41) is 9.55. The molecule has 6 nitrogen and oxygen atoms in total. The summed E-state index contributed by atoms with van der Waals surface area (Å²) in [6.07, 6.45) is 1.31. The molecule has 3 rings (SSSR count). The van der Waals surface area contributed by atoms with Crippen molar-refractivity contribution >= 4 is 21.9 Å². The van der Waals surface area contributed by atoms with Crippen LogP contribution in [0.25, 0.3) is 6.08 Å². The van der Waals surface area contributed by atoms with E-state index in [1.807, 2.05) is 6.92 Å². The summed E-state index contributed by atoms with van der Waals surface area (Å²) < 4.78 is 36.4. The molecule has 0 unspecified atom stereocenters. The van der Waals surface area contributed by atoms with Crippen molar-refractivity contribution in [2.24, 2.45) is 0 Å². The summed E-state index contributed by atoms with van der Waals surface area (Å²) in [5.41, 5.74) is 2.62. The zero-order valence-corrected chi connectivity index (χ0v) is 18.4. The lowest BCUT2D eigenvalue weighted by Gasteiger charge is -2.10. The van der Waals surface area contributed by atoms with Crippen molar-refractivity contribution in [3.8, 4) is 11.8 Å². The van der Waals surface area contributed by atoms with E-state index in [9.17, 15) is 18.5 Å². The predicted molar refractivity (Wildman–Crippen MR) is 121 cm³/mol.